The number of imidazole rings is 1. The Kier molecular flexibility index (Phi) is 5.71. The summed E-state index contributed by atoms with van der Waals surface area (Å²) in [6.07, 6.45) is 0. The predicted molar refractivity (Wildman–Crippen MR) is 52.4 cm³/mol. The number of aromatic nitrogens is 2. The molecule has 2 aromatic rings. The van der Waals surface area contributed by atoms with Crippen LogP contribution < -0.4 is 29.6 Å². The molecule has 0 spiro atoms. The van der Waals surface area contributed by atoms with Crippen LogP contribution in [0.4, 0.5) is 0 Å². The molecule has 2 rings (SSSR count). The standard InChI is InChI=1S/C7H5N2O2S2.Na.H2O/c10-13(11)4-1-2-5-6(3-4)9-7(12)8-5;;/h1-3H,(H2,8,9,12);;1H2/q-1;+1;/p-1. The van der Waals surface area contributed by atoms with E-state index in [2.05, 4.69) is 9.97 Å². The number of hydrogen-bond acceptors (Lipinski definition) is 5. The Morgan fingerprint density at radius 2 is 1.73 bits per heavy atom. The van der Waals surface area contributed by atoms with E-state index in [0.29, 0.717) is 10.3 Å². The second-order valence-corrected chi connectivity index (χ2v) is 3.87. The summed E-state index contributed by atoms with van der Waals surface area (Å²) in [5.74, 6) is 0. The molecule has 76 valence electrons. The van der Waals surface area contributed by atoms with E-state index < -0.39 is 10.7 Å². The van der Waals surface area contributed by atoms with Crippen molar-refractivity contribution in [2.24, 2.45) is 0 Å². The fourth-order valence-electron chi connectivity index (χ4n) is 1.12. The molecule has 8 heteroatoms. The quantitative estimate of drug-likeness (QED) is 0.376. The van der Waals surface area contributed by atoms with Gasteiger partial charge in [-0.25, -0.2) is 0 Å². The molecule has 1 aromatic carbocycles. The van der Waals surface area contributed by atoms with Gasteiger partial charge < -0.3 is 23.9 Å². The first kappa shape index (κ1) is 14.8. The van der Waals surface area contributed by atoms with E-state index in [9.17, 15) is 8.42 Å². The zero-order valence-corrected chi connectivity index (χ0v) is 11.4. The number of aromatic amines is 2. The molecule has 0 radical (unpaired) electrons. The minimum absolute atomic E-state index is 0. The van der Waals surface area contributed by atoms with Crippen LogP contribution in [-0.2, 0) is 19.1 Å². The van der Waals surface area contributed by atoms with Gasteiger partial charge in [-0.05, 0) is 35.1 Å². The zero-order chi connectivity index (χ0) is 9.42. The molecule has 0 unspecified atom stereocenters. The molecule has 0 aliphatic heterocycles. The minimum Gasteiger partial charge on any atom is -0.870 e. The third-order valence-corrected chi connectivity index (χ3v) is 2.52. The van der Waals surface area contributed by atoms with Crippen molar-refractivity contribution in [3.63, 3.8) is 0 Å². The first-order valence-corrected chi connectivity index (χ1v) is 4.96. The van der Waals surface area contributed by atoms with Crippen molar-refractivity contribution in [2.45, 2.75) is 4.90 Å². The average Bonchev–Trinajstić information content (AvgIpc) is 2.42. The third-order valence-electron chi connectivity index (χ3n) is 1.68. The number of fused-ring (bicyclic) bond motifs is 1. The molecule has 0 bridgehead atoms. The fraction of sp³-hybridized carbons (Fsp3) is 0. The first-order valence-electron chi connectivity index (χ1n) is 3.48. The van der Waals surface area contributed by atoms with Gasteiger partial charge in [0.1, 0.15) is 0 Å². The molecule has 0 aliphatic carbocycles. The maximum absolute atomic E-state index is 10.6. The Bertz CT molecular complexity index is 579. The van der Waals surface area contributed by atoms with Crippen molar-refractivity contribution < 1.29 is 43.5 Å². The van der Waals surface area contributed by atoms with Gasteiger partial charge in [0.05, 0.1) is 11.0 Å². The number of H-pyrrole nitrogens is 2. The van der Waals surface area contributed by atoms with Crippen molar-refractivity contribution in [1.29, 1.82) is 0 Å². The molecule has 0 saturated carbocycles. The molecular weight excluding hydrogens is 247 g/mol. The van der Waals surface area contributed by atoms with Crippen LogP contribution in [0, 0.1) is 4.77 Å². The van der Waals surface area contributed by atoms with Gasteiger partial charge >= 0.3 is 29.6 Å². The fourth-order valence-corrected chi connectivity index (χ4v) is 1.73. The maximum atomic E-state index is 10.6. The van der Waals surface area contributed by atoms with Gasteiger partial charge in [0.2, 0.25) is 0 Å². The second-order valence-electron chi connectivity index (χ2n) is 2.52. The largest absolute Gasteiger partial charge is 1.00 e. The summed E-state index contributed by atoms with van der Waals surface area (Å²) in [4.78, 5) is 5.97. The zero-order valence-electron chi connectivity index (χ0n) is 7.81. The van der Waals surface area contributed by atoms with Crippen LogP contribution >= 0.6 is 12.2 Å². The Morgan fingerprint density at radius 3 is 2.33 bits per heavy atom. The summed E-state index contributed by atoms with van der Waals surface area (Å²) < 4.78 is 21.7. The summed E-state index contributed by atoms with van der Waals surface area (Å²) >= 11 is 4.86. The van der Waals surface area contributed by atoms with Gasteiger partial charge in [0, 0.05) is 0 Å². The van der Waals surface area contributed by atoms with Gasteiger partial charge in [-0.3, -0.25) is 0 Å². The smallest absolute Gasteiger partial charge is 0.870 e. The molecule has 1 aromatic heterocycles. The second kappa shape index (κ2) is 5.78. The number of hydrogen-bond donors (Lipinski definition) is 2. The molecule has 0 fully saturated rings. The summed E-state index contributed by atoms with van der Waals surface area (Å²) in [6, 6.07) is 4.72. The van der Waals surface area contributed by atoms with E-state index in [1.54, 1.807) is 6.07 Å². The van der Waals surface area contributed by atoms with E-state index >= 15 is 0 Å². The summed E-state index contributed by atoms with van der Waals surface area (Å²) in [6.45, 7) is 0. The molecule has 0 aliphatic rings. The van der Waals surface area contributed by atoms with Crippen LogP contribution in [0.5, 0.6) is 0 Å². The van der Waals surface area contributed by atoms with E-state index in [1.165, 1.54) is 12.1 Å². The van der Waals surface area contributed by atoms with E-state index in [-0.39, 0.29) is 39.9 Å². The van der Waals surface area contributed by atoms with Crippen LogP contribution in [0.25, 0.3) is 11.0 Å². The van der Waals surface area contributed by atoms with E-state index in [1.807, 2.05) is 0 Å². The van der Waals surface area contributed by atoms with E-state index in [4.69, 9.17) is 12.2 Å². The Morgan fingerprint density at radius 1 is 1.13 bits per heavy atom. The van der Waals surface area contributed by atoms with Crippen molar-refractivity contribution in [1.82, 2.24) is 9.97 Å². The molecule has 3 N–H and O–H groups in total. The van der Waals surface area contributed by atoms with Gasteiger partial charge in [-0.1, -0.05) is 11.0 Å². The average molecular weight is 253 g/mol. The van der Waals surface area contributed by atoms with Gasteiger partial charge in [0.15, 0.2) is 4.77 Å². The monoisotopic (exact) mass is 253 g/mol. The molecule has 0 saturated heterocycles. The van der Waals surface area contributed by atoms with Crippen LogP contribution in [0.2, 0.25) is 0 Å². The number of benzene rings is 1. The molecule has 15 heavy (non-hydrogen) atoms. The van der Waals surface area contributed by atoms with Crippen LogP contribution in [-0.4, -0.2) is 15.4 Å². The molecule has 1 heterocycles. The van der Waals surface area contributed by atoms with Gasteiger partial charge in [-0.15, -0.1) is 0 Å². The SMILES string of the molecule is O=[S-](=O)c1ccc2[nH]c(=S)[nH]c2c1.[Na+].[OH-]. The minimum atomic E-state index is -2.19. The molecule has 5 nitrogen and oxygen atoms in total. The summed E-state index contributed by atoms with van der Waals surface area (Å²) in [5.41, 5.74) is 1.51. The van der Waals surface area contributed by atoms with Gasteiger partial charge in [0.25, 0.3) is 0 Å². The number of rotatable bonds is 1. The van der Waals surface area contributed by atoms with Crippen molar-refractivity contribution in [3.8, 4) is 0 Å². The summed E-state index contributed by atoms with van der Waals surface area (Å²) in [5, 5.41) is 0. The van der Waals surface area contributed by atoms with Crippen molar-refractivity contribution >= 4 is 34.0 Å². The Labute approximate surface area is 114 Å². The van der Waals surface area contributed by atoms with Crippen molar-refractivity contribution in [3.05, 3.63) is 23.0 Å². The topological polar surface area (TPSA) is 95.7 Å². The number of nitrogens with one attached hydrogen (secondary N) is 2. The normalized spacial score (nSPS) is 9.67. The van der Waals surface area contributed by atoms with Crippen LogP contribution in [0.1, 0.15) is 0 Å². The predicted octanol–water partition coefficient (Wildman–Crippen LogP) is -1.28. The Hall–Kier alpha value is -0.180. The van der Waals surface area contributed by atoms with Gasteiger partial charge in [-0.2, -0.15) is 0 Å². The molecule has 0 amide bonds. The van der Waals surface area contributed by atoms with Crippen molar-refractivity contribution in [2.75, 3.05) is 0 Å². The molecular formula is C7H6N2NaO3S2-. The molecule has 0 atom stereocenters. The van der Waals surface area contributed by atoms with Crippen LogP contribution in [0.15, 0.2) is 23.1 Å². The third kappa shape index (κ3) is 3.13. The van der Waals surface area contributed by atoms with E-state index in [0.717, 1.165) is 5.52 Å². The first-order chi connectivity index (χ1) is 6.16. The van der Waals surface area contributed by atoms with Crippen LogP contribution in [0.3, 0.4) is 0 Å². The summed E-state index contributed by atoms with van der Waals surface area (Å²) in [7, 11) is -2.19. The maximum Gasteiger partial charge on any atom is 1.00 e. The Balaban J connectivity index is 0.000000980.